The monoisotopic (exact) mass is 309 g/mol. The first-order chi connectivity index (χ1) is 10.7. The standard InChI is InChI=1S/C17H31N3O2/c1-14-8-5-6-13-20(14)16(21)11-7-12-18-17(22)19-15-9-3-2-4-10-15/h14-15H,2-13H2,1H3,(H2,18,19,22). The van der Waals surface area contributed by atoms with E-state index in [1.807, 2.05) is 4.90 Å². The first-order valence-corrected chi connectivity index (χ1v) is 9.00. The van der Waals surface area contributed by atoms with Crippen LogP contribution >= 0.6 is 0 Å². The number of nitrogens with one attached hydrogen (secondary N) is 2. The number of nitrogens with zero attached hydrogens (tertiary/aromatic N) is 1. The summed E-state index contributed by atoms with van der Waals surface area (Å²) in [5.74, 6) is 0.238. The molecule has 0 aromatic rings. The van der Waals surface area contributed by atoms with Crippen LogP contribution < -0.4 is 10.6 Å². The molecule has 5 nitrogen and oxygen atoms in total. The van der Waals surface area contributed by atoms with E-state index in [0.29, 0.717) is 25.0 Å². The van der Waals surface area contributed by atoms with Gasteiger partial charge in [-0.25, -0.2) is 4.79 Å². The van der Waals surface area contributed by atoms with Crippen LogP contribution in [0.2, 0.25) is 0 Å². The summed E-state index contributed by atoms with van der Waals surface area (Å²) in [7, 11) is 0. The van der Waals surface area contributed by atoms with E-state index in [2.05, 4.69) is 17.6 Å². The van der Waals surface area contributed by atoms with Gasteiger partial charge in [-0.1, -0.05) is 19.3 Å². The topological polar surface area (TPSA) is 61.4 Å². The van der Waals surface area contributed by atoms with Crippen LogP contribution in [-0.2, 0) is 4.79 Å². The average molecular weight is 309 g/mol. The molecule has 0 aromatic heterocycles. The van der Waals surface area contributed by atoms with Crippen molar-refractivity contribution >= 4 is 11.9 Å². The van der Waals surface area contributed by atoms with E-state index in [-0.39, 0.29) is 11.9 Å². The number of carbonyl (C=O) groups excluding carboxylic acids is 2. The number of carbonyl (C=O) groups is 2. The number of amides is 3. The van der Waals surface area contributed by atoms with Crippen LogP contribution in [0.15, 0.2) is 0 Å². The van der Waals surface area contributed by atoms with Crippen molar-refractivity contribution in [3.8, 4) is 0 Å². The highest BCUT2D eigenvalue weighted by Crippen LogP contribution is 2.18. The third-order valence-electron chi connectivity index (χ3n) is 4.92. The quantitative estimate of drug-likeness (QED) is 0.767. The Bertz CT molecular complexity index is 367. The lowest BCUT2D eigenvalue weighted by atomic mass is 9.96. The highest BCUT2D eigenvalue weighted by molar-refractivity contribution is 5.77. The fourth-order valence-corrected chi connectivity index (χ4v) is 3.54. The summed E-state index contributed by atoms with van der Waals surface area (Å²) < 4.78 is 0. The summed E-state index contributed by atoms with van der Waals surface area (Å²) in [5, 5.41) is 5.91. The Morgan fingerprint density at radius 1 is 1.05 bits per heavy atom. The van der Waals surface area contributed by atoms with Crippen LogP contribution in [0.4, 0.5) is 4.79 Å². The second-order valence-electron chi connectivity index (χ2n) is 6.77. The smallest absolute Gasteiger partial charge is 0.315 e. The normalized spacial score (nSPS) is 23.1. The molecular formula is C17H31N3O2. The number of hydrogen-bond donors (Lipinski definition) is 2. The van der Waals surface area contributed by atoms with Gasteiger partial charge in [0.05, 0.1) is 0 Å². The molecule has 1 heterocycles. The molecule has 1 aliphatic heterocycles. The molecular weight excluding hydrogens is 278 g/mol. The van der Waals surface area contributed by atoms with E-state index < -0.39 is 0 Å². The van der Waals surface area contributed by atoms with Gasteiger partial charge in [-0.05, 0) is 45.4 Å². The van der Waals surface area contributed by atoms with Crippen molar-refractivity contribution in [1.29, 1.82) is 0 Å². The maximum atomic E-state index is 12.2. The lowest BCUT2D eigenvalue weighted by molar-refractivity contribution is -0.134. The Labute approximate surface area is 134 Å². The zero-order valence-corrected chi connectivity index (χ0v) is 13.9. The second kappa shape index (κ2) is 9.01. The zero-order valence-electron chi connectivity index (χ0n) is 13.9. The van der Waals surface area contributed by atoms with Gasteiger partial charge in [-0.3, -0.25) is 4.79 Å². The van der Waals surface area contributed by atoms with Gasteiger partial charge in [0.2, 0.25) is 5.91 Å². The molecule has 1 aliphatic carbocycles. The first-order valence-electron chi connectivity index (χ1n) is 9.00. The predicted molar refractivity (Wildman–Crippen MR) is 87.7 cm³/mol. The zero-order chi connectivity index (χ0) is 15.8. The summed E-state index contributed by atoms with van der Waals surface area (Å²) in [5.41, 5.74) is 0. The van der Waals surface area contributed by atoms with Crippen molar-refractivity contribution in [2.24, 2.45) is 0 Å². The minimum Gasteiger partial charge on any atom is -0.340 e. The maximum absolute atomic E-state index is 12.2. The highest BCUT2D eigenvalue weighted by Gasteiger charge is 2.22. The summed E-state index contributed by atoms with van der Waals surface area (Å²) >= 11 is 0. The summed E-state index contributed by atoms with van der Waals surface area (Å²) in [4.78, 5) is 26.0. The van der Waals surface area contributed by atoms with Gasteiger partial charge in [-0.15, -0.1) is 0 Å². The van der Waals surface area contributed by atoms with Crippen LogP contribution in [0.3, 0.4) is 0 Å². The molecule has 0 radical (unpaired) electrons. The fourth-order valence-electron chi connectivity index (χ4n) is 3.54. The Balaban J connectivity index is 1.56. The molecule has 0 aromatic carbocycles. The molecule has 3 amide bonds. The van der Waals surface area contributed by atoms with Gasteiger partial charge in [0.25, 0.3) is 0 Å². The SMILES string of the molecule is CC1CCCCN1C(=O)CCCNC(=O)NC1CCCCC1. The fraction of sp³-hybridized carbons (Fsp3) is 0.882. The van der Waals surface area contributed by atoms with Crippen molar-refractivity contribution in [3.05, 3.63) is 0 Å². The Morgan fingerprint density at radius 3 is 2.50 bits per heavy atom. The highest BCUT2D eigenvalue weighted by atomic mass is 16.2. The van der Waals surface area contributed by atoms with Crippen LogP contribution in [-0.4, -0.2) is 42.0 Å². The van der Waals surface area contributed by atoms with Gasteiger partial charge >= 0.3 is 6.03 Å². The van der Waals surface area contributed by atoms with Crippen molar-refractivity contribution in [2.45, 2.75) is 83.2 Å². The van der Waals surface area contributed by atoms with Crippen LogP contribution in [0.25, 0.3) is 0 Å². The third-order valence-corrected chi connectivity index (χ3v) is 4.92. The molecule has 2 aliphatic rings. The molecule has 0 bridgehead atoms. The van der Waals surface area contributed by atoms with E-state index in [4.69, 9.17) is 0 Å². The predicted octanol–water partition coefficient (Wildman–Crippen LogP) is 2.80. The van der Waals surface area contributed by atoms with E-state index in [1.54, 1.807) is 0 Å². The molecule has 1 saturated carbocycles. The first kappa shape index (κ1) is 17.1. The number of rotatable bonds is 5. The van der Waals surface area contributed by atoms with Gasteiger partial charge in [0.1, 0.15) is 0 Å². The molecule has 1 saturated heterocycles. The molecule has 2 rings (SSSR count). The second-order valence-corrected chi connectivity index (χ2v) is 6.77. The van der Waals surface area contributed by atoms with Crippen LogP contribution in [0.1, 0.15) is 71.1 Å². The molecule has 1 unspecified atom stereocenters. The summed E-state index contributed by atoms with van der Waals surface area (Å²) in [6.07, 6.45) is 10.6. The van der Waals surface area contributed by atoms with Gasteiger partial charge in [0.15, 0.2) is 0 Å². The number of hydrogen-bond acceptors (Lipinski definition) is 2. The van der Waals surface area contributed by atoms with Crippen molar-refractivity contribution < 1.29 is 9.59 Å². The maximum Gasteiger partial charge on any atom is 0.315 e. The van der Waals surface area contributed by atoms with Gasteiger partial charge in [-0.2, -0.15) is 0 Å². The lowest BCUT2D eigenvalue weighted by Crippen LogP contribution is -2.44. The van der Waals surface area contributed by atoms with Gasteiger partial charge in [0, 0.05) is 31.6 Å². The summed E-state index contributed by atoms with van der Waals surface area (Å²) in [6, 6.07) is 0.638. The summed E-state index contributed by atoms with van der Waals surface area (Å²) in [6.45, 7) is 3.61. The van der Waals surface area contributed by atoms with Crippen molar-refractivity contribution in [3.63, 3.8) is 0 Å². The molecule has 126 valence electrons. The molecule has 5 heteroatoms. The van der Waals surface area contributed by atoms with Gasteiger partial charge < -0.3 is 15.5 Å². The minimum atomic E-state index is -0.0781. The molecule has 1 atom stereocenters. The number of likely N-dealkylation sites (tertiary alicyclic amines) is 1. The Morgan fingerprint density at radius 2 is 1.77 bits per heavy atom. The Kier molecular flexibility index (Phi) is 7.00. The molecule has 0 spiro atoms. The van der Waals surface area contributed by atoms with Crippen LogP contribution in [0, 0.1) is 0 Å². The van der Waals surface area contributed by atoms with E-state index >= 15 is 0 Å². The largest absolute Gasteiger partial charge is 0.340 e. The van der Waals surface area contributed by atoms with Crippen molar-refractivity contribution in [2.75, 3.05) is 13.1 Å². The number of piperidine rings is 1. The van der Waals surface area contributed by atoms with Crippen LogP contribution in [0.5, 0.6) is 0 Å². The molecule has 2 fully saturated rings. The molecule has 2 N–H and O–H groups in total. The average Bonchev–Trinajstić information content (AvgIpc) is 2.53. The minimum absolute atomic E-state index is 0.0781. The third kappa shape index (κ3) is 5.50. The lowest BCUT2D eigenvalue weighted by Gasteiger charge is -2.33. The number of urea groups is 1. The van der Waals surface area contributed by atoms with Crippen molar-refractivity contribution in [1.82, 2.24) is 15.5 Å². The van der Waals surface area contributed by atoms with E-state index in [1.165, 1.54) is 25.7 Å². The Hall–Kier alpha value is -1.26. The van der Waals surface area contributed by atoms with E-state index in [9.17, 15) is 9.59 Å². The molecule has 22 heavy (non-hydrogen) atoms. The van der Waals surface area contributed by atoms with E-state index in [0.717, 1.165) is 38.6 Å².